The van der Waals surface area contributed by atoms with Crippen LogP contribution < -0.4 is 0 Å². The number of aliphatic carboxylic acids is 1. The Labute approximate surface area is 131 Å². The molecule has 4 nitrogen and oxygen atoms in total. The molecule has 0 saturated carbocycles. The van der Waals surface area contributed by atoms with Crippen LogP contribution in [0.5, 0.6) is 0 Å². The summed E-state index contributed by atoms with van der Waals surface area (Å²) in [6.07, 6.45) is -4.63. The minimum atomic E-state index is -4.63. The fraction of sp³-hybridized carbons (Fsp3) is 0.333. The van der Waals surface area contributed by atoms with Crippen LogP contribution in [0.15, 0.2) is 33.6 Å². The molecule has 0 aliphatic carbocycles. The van der Waals surface area contributed by atoms with E-state index in [4.69, 9.17) is 5.11 Å². The Morgan fingerprint density at radius 3 is 2.29 bits per heavy atom. The lowest BCUT2D eigenvalue weighted by molar-refractivity contribution is -0.164. The molecule has 0 spiro atoms. The average Bonchev–Trinajstić information content (AvgIpc) is 2.34. The van der Waals surface area contributed by atoms with Gasteiger partial charge in [-0.1, -0.05) is 15.9 Å². The maximum absolute atomic E-state index is 12.3. The molecular weight excluding hydrogens is 375 g/mol. The summed E-state index contributed by atoms with van der Waals surface area (Å²) in [6.45, 7) is -2.54. The molecule has 0 saturated heterocycles. The molecule has 0 aromatic heterocycles. The molecule has 1 N–H and O–H groups in total. The molecule has 0 aliphatic rings. The van der Waals surface area contributed by atoms with Gasteiger partial charge in [0.05, 0.1) is 5.75 Å². The number of carbonyl (C=O) groups is 2. The van der Waals surface area contributed by atoms with Crippen LogP contribution in [-0.2, 0) is 9.59 Å². The van der Waals surface area contributed by atoms with Crippen molar-refractivity contribution in [2.75, 3.05) is 18.8 Å². The maximum Gasteiger partial charge on any atom is 0.406 e. The number of thioether (sulfide) groups is 1. The highest BCUT2D eigenvalue weighted by Gasteiger charge is 2.33. The third-order valence-corrected chi connectivity index (χ3v) is 3.75. The molecule has 21 heavy (non-hydrogen) atoms. The third kappa shape index (κ3) is 7.37. The lowest BCUT2D eigenvalue weighted by atomic mass is 10.4. The van der Waals surface area contributed by atoms with Crippen LogP contribution in [0.25, 0.3) is 0 Å². The van der Waals surface area contributed by atoms with Crippen LogP contribution in [0.4, 0.5) is 13.2 Å². The van der Waals surface area contributed by atoms with E-state index in [1.165, 1.54) is 0 Å². The van der Waals surface area contributed by atoms with Crippen LogP contribution in [0.1, 0.15) is 0 Å². The van der Waals surface area contributed by atoms with Gasteiger partial charge in [0.2, 0.25) is 5.91 Å². The van der Waals surface area contributed by atoms with Gasteiger partial charge < -0.3 is 10.0 Å². The van der Waals surface area contributed by atoms with E-state index in [0.717, 1.165) is 16.2 Å². The van der Waals surface area contributed by atoms with Gasteiger partial charge in [0.1, 0.15) is 13.1 Å². The summed E-state index contributed by atoms with van der Waals surface area (Å²) in [5, 5.41) is 8.57. The Hall–Kier alpha value is -1.22. The predicted molar refractivity (Wildman–Crippen MR) is 75.1 cm³/mol. The van der Waals surface area contributed by atoms with Crippen molar-refractivity contribution >= 4 is 39.6 Å². The second-order valence-corrected chi connectivity index (χ2v) is 5.97. The molecule has 0 heterocycles. The fourth-order valence-corrected chi connectivity index (χ4v) is 2.44. The number of carboxylic acids is 1. The van der Waals surface area contributed by atoms with E-state index in [1.807, 2.05) is 0 Å². The molecule has 1 aromatic carbocycles. The molecular formula is C12H11BrF3NO3S. The first kappa shape index (κ1) is 17.8. The largest absolute Gasteiger partial charge is 0.480 e. The maximum atomic E-state index is 12.3. The lowest BCUT2D eigenvalue weighted by Gasteiger charge is -2.21. The average molecular weight is 386 g/mol. The van der Waals surface area contributed by atoms with Crippen LogP contribution in [0.2, 0.25) is 0 Å². The Morgan fingerprint density at radius 2 is 1.81 bits per heavy atom. The fourth-order valence-electron chi connectivity index (χ4n) is 1.38. The van der Waals surface area contributed by atoms with E-state index in [1.54, 1.807) is 24.3 Å². The minimum Gasteiger partial charge on any atom is -0.480 e. The van der Waals surface area contributed by atoms with Crippen LogP contribution >= 0.6 is 27.7 Å². The molecule has 1 rings (SSSR count). The topological polar surface area (TPSA) is 57.6 Å². The Bertz CT molecular complexity index is 507. The van der Waals surface area contributed by atoms with Crippen LogP contribution in [0, 0.1) is 0 Å². The second-order valence-electron chi connectivity index (χ2n) is 4.00. The van der Waals surface area contributed by atoms with Gasteiger partial charge in [-0.2, -0.15) is 13.2 Å². The predicted octanol–water partition coefficient (Wildman–Crippen LogP) is 3.02. The first-order chi connectivity index (χ1) is 9.67. The lowest BCUT2D eigenvalue weighted by Crippen LogP contribution is -2.42. The molecule has 116 valence electrons. The molecule has 9 heteroatoms. The number of amides is 1. The van der Waals surface area contributed by atoms with Crippen molar-refractivity contribution in [3.63, 3.8) is 0 Å². The molecule has 0 radical (unpaired) electrons. The van der Waals surface area contributed by atoms with Gasteiger partial charge in [-0.3, -0.25) is 9.59 Å². The molecule has 0 unspecified atom stereocenters. The molecule has 1 aromatic rings. The zero-order valence-corrected chi connectivity index (χ0v) is 13.0. The van der Waals surface area contributed by atoms with Gasteiger partial charge >= 0.3 is 12.1 Å². The number of hydrogen-bond acceptors (Lipinski definition) is 3. The number of benzene rings is 1. The van der Waals surface area contributed by atoms with Crippen molar-refractivity contribution in [3.05, 3.63) is 28.7 Å². The summed E-state index contributed by atoms with van der Waals surface area (Å²) < 4.78 is 37.8. The standard InChI is InChI=1S/C12H11BrF3NO3S/c13-8-1-3-9(4-2-8)21-6-10(18)17(5-11(19)20)7-12(14,15)16/h1-4H,5-7H2,(H,19,20). The number of carbonyl (C=O) groups excluding carboxylic acids is 1. The van der Waals surface area contributed by atoms with E-state index in [0.29, 0.717) is 4.90 Å². The van der Waals surface area contributed by atoms with Gasteiger partial charge in [0, 0.05) is 9.37 Å². The SMILES string of the molecule is O=C(O)CN(CC(F)(F)F)C(=O)CSc1ccc(Br)cc1. The first-order valence-electron chi connectivity index (χ1n) is 5.62. The summed E-state index contributed by atoms with van der Waals surface area (Å²) in [4.78, 5) is 23.3. The van der Waals surface area contributed by atoms with Gasteiger partial charge in [0.25, 0.3) is 0 Å². The highest BCUT2D eigenvalue weighted by molar-refractivity contribution is 9.10. The van der Waals surface area contributed by atoms with E-state index in [-0.39, 0.29) is 10.7 Å². The molecule has 1 amide bonds. The summed E-state index contributed by atoms with van der Waals surface area (Å²) in [5.41, 5.74) is 0. The summed E-state index contributed by atoms with van der Waals surface area (Å²) >= 11 is 4.28. The zero-order chi connectivity index (χ0) is 16.0. The molecule has 0 atom stereocenters. The van der Waals surface area contributed by atoms with Crippen molar-refractivity contribution < 1.29 is 27.9 Å². The molecule has 0 bridgehead atoms. The van der Waals surface area contributed by atoms with E-state index in [2.05, 4.69) is 15.9 Å². The first-order valence-corrected chi connectivity index (χ1v) is 7.40. The summed E-state index contributed by atoms with van der Waals surface area (Å²) in [5.74, 6) is -2.62. The number of rotatable bonds is 6. The minimum absolute atomic E-state index is 0.259. The van der Waals surface area contributed by atoms with Crippen LogP contribution in [0.3, 0.4) is 0 Å². The van der Waals surface area contributed by atoms with Crippen molar-refractivity contribution in [2.45, 2.75) is 11.1 Å². The number of carboxylic acid groups (broad SMARTS) is 1. The van der Waals surface area contributed by atoms with Gasteiger partial charge in [-0.05, 0) is 24.3 Å². The second kappa shape index (κ2) is 7.69. The Kier molecular flexibility index (Phi) is 6.53. The van der Waals surface area contributed by atoms with Gasteiger partial charge in [-0.25, -0.2) is 0 Å². The summed E-state index contributed by atoms with van der Waals surface area (Å²) in [7, 11) is 0. The highest BCUT2D eigenvalue weighted by Crippen LogP contribution is 2.22. The Morgan fingerprint density at radius 1 is 1.24 bits per heavy atom. The van der Waals surface area contributed by atoms with E-state index < -0.39 is 31.1 Å². The smallest absolute Gasteiger partial charge is 0.406 e. The Balaban J connectivity index is 2.63. The quantitative estimate of drug-likeness (QED) is 0.764. The van der Waals surface area contributed by atoms with E-state index in [9.17, 15) is 22.8 Å². The normalized spacial score (nSPS) is 11.2. The van der Waals surface area contributed by atoms with Crippen molar-refractivity contribution in [2.24, 2.45) is 0 Å². The number of hydrogen-bond donors (Lipinski definition) is 1. The molecule has 0 aliphatic heterocycles. The van der Waals surface area contributed by atoms with Gasteiger partial charge in [0.15, 0.2) is 0 Å². The van der Waals surface area contributed by atoms with Crippen molar-refractivity contribution in [1.82, 2.24) is 4.90 Å². The van der Waals surface area contributed by atoms with Crippen molar-refractivity contribution in [1.29, 1.82) is 0 Å². The van der Waals surface area contributed by atoms with Gasteiger partial charge in [-0.15, -0.1) is 11.8 Å². The number of halogens is 4. The third-order valence-electron chi connectivity index (χ3n) is 2.22. The summed E-state index contributed by atoms with van der Waals surface area (Å²) in [6, 6.07) is 6.87. The van der Waals surface area contributed by atoms with Crippen LogP contribution in [-0.4, -0.2) is 46.9 Å². The zero-order valence-electron chi connectivity index (χ0n) is 10.6. The molecule has 0 fully saturated rings. The monoisotopic (exact) mass is 385 g/mol. The van der Waals surface area contributed by atoms with E-state index >= 15 is 0 Å². The number of nitrogens with zero attached hydrogens (tertiary/aromatic N) is 1. The highest BCUT2D eigenvalue weighted by atomic mass is 79.9. The van der Waals surface area contributed by atoms with Crippen molar-refractivity contribution in [3.8, 4) is 0 Å². The number of alkyl halides is 3.